The summed E-state index contributed by atoms with van der Waals surface area (Å²) in [6.07, 6.45) is 1.92. The standard InChI is InChI=1S/C10H15NS/c1-4-9(3)11-5-10-7-12-6-8(10)2/h4,6-7,9,11H,1,5H2,2-3H3. The minimum Gasteiger partial charge on any atom is -0.307 e. The third kappa shape index (κ3) is 2.47. The number of hydrogen-bond acceptors (Lipinski definition) is 2. The molecule has 0 fully saturated rings. The van der Waals surface area contributed by atoms with Crippen molar-refractivity contribution in [3.05, 3.63) is 34.5 Å². The average Bonchev–Trinajstić information content (AvgIpc) is 2.47. The van der Waals surface area contributed by atoms with E-state index in [-0.39, 0.29) is 0 Å². The molecule has 1 atom stereocenters. The summed E-state index contributed by atoms with van der Waals surface area (Å²) in [6.45, 7) is 8.92. The van der Waals surface area contributed by atoms with Gasteiger partial charge in [-0.25, -0.2) is 0 Å². The molecule has 0 aromatic carbocycles. The van der Waals surface area contributed by atoms with Gasteiger partial charge in [-0.1, -0.05) is 6.08 Å². The van der Waals surface area contributed by atoms with Gasteiger partial charge in [-0.15, -0.1) is 6.58 Å². The lowest BCUT2D eigenvalue weighted by molar-refractivity contribution is 0.633. The van der Waals surface area contributed by atoms with Crippen LogP contribution >= 0.6 is 11.3 Å². The predicted molar refractivity (Wildman–Crippen MR) is 55.6 cm³/mol. The molecular formula is C10H15NS. The van der Waals surface area contributed by atoms with E-state index >= 15 is 0 Å². The van der Waals surface area contributed by atoms with Crippen LogP contribution in [0.4, 0.5) is 0 Å². The van der Waals surface area contributed by atoms with Gasteiger partial charge < -0.3 is 5.32 Å². The van der Waals surface area contributed by atoms with Gasteiger partial charge >= 0.3 is 0 Å². The summed E-state index contributed by atoms with van der Waals surface area (Å²) in [5, 5.41) is 7.73. The maximum Gasteiger partial charge on any atom is 0.0222 e. The smallest absolute Gasteiger partial charge is 0.0222 e. The Hall–Kier alpha value is -0.600. The van der Waals surface area contributed by atoms with E-state index < -0.39 is 0 Å². The van der Waals surface area contributed by atoms with Crippen molar-refractivity contribution in [1.82, 2.24) is 5.32 Å². The van der Waals surface area contributed by atoms with E-state index in [0.29, 0.717) is 6.04 Å². The third-order valence-electron chi connectivity index (χ3n) is 1.93. The number of thiophene rings is 1. The summed E-state index contributed by atoms with van der Waals surface area (Å²) in [4.78, 5) is 0. The van der Waals surface area contributed by atoms with Gasteiger partial charge in [0.2, 0.25) is 0 Å². The van der Waals surface area contributed by atoms with E-state index in [2.05, 4.69) is 36.5 Å². The van der Waals surface area contributed by atoms with Gasteiger partial charge in [0.05, 0.1) is 0 Å². The molecular weight excluding hydrogens is 166 g/mol. The van der Waals surface area contributed by atoms with Gasteiger partial charge in [0.25, 0.3) is 0 Å². The number of aryl methyl sites for hydroxylation is 1. The summed E-state index contributed by atoms with van der Waals surface area (Å²) in [7, 11) is 0. The van der Waals surface area contributed by atoms with Crippen molar-refractivity contribution in [1.29, 1.82) is 0 Å². The van der Waals surface area contributed by atoms with Crippen molar-refractivity contribution in [3.8, 4) is 0 Å². The van der Waals surface area contributed by atoms with Crippen LogP contribution in [0.25, 0.3) is 0 Å². The Bertz CT molecular complexity index is 252. The molecule has 1 heterocycles. The summed E-state index contributed by atoms with van der Waals surface area (Å²) in [5.74, 6) is 0. The fraction of sp³-hybridized carbons (Fsp3) is 0.400. The molecule has 1 aromatic heterocycles. The second-order valence-electron chi connectivity index (χ2n) is 2.99. The van der Waals surface area contributed by atoms with E-state index in [0.717, 1.165) is 6.54 Å². The average molecular weight is 181 g/mol. The zero-order valence-electron chi connectivity index (χ0n) is 7.63. The molecule has 2 heteroatoms. The maximum atomic E-state index is 3.72. The highest BCUT2D eigenvalue weighted by Crippen LogP contribution is 2.13. The molecule has 0 bridgehead atoms. The Labute approximate surface area is 78.1 Å². The molecule has 0 aliphatic carbocycles. The normalized spacial score (nSPS) is 12.8. The molecule has 0 amide bonds. The Morgan fingerprint density at radius 1 is 1.67 bits per heavy atom. The topological polar surface area (TPSA) is 12.0 Å². The first-order chi connectivity index (χ1) is 5.74. The lowest BCUT2D eigenvalue weighted by Gasteiger charge is -2.07. The lowest BCUT2D eigenvalue weighted by atomic mass is 10.2. The first-order valence-corrected chi connectivity index (χ1v) is 5.06. The second-order valence-corrected chi connectivity index (χ2v) is 3.73. The Morgan fingerprint density at radius 3 is 2.92 bits per heavy atom. The lowest BCUT2D eigenvalue weighted by Crippen LogP contribution is -2.22. The van der Waals surface area contributed by atoms with Gasteiger partial charge in [-0.05, 0) is 35.7 Å². The molecule has 1 nitrogen and oxygen atoms in total. The molecule has 0 radical (unpaired) electrons. The van der Waals surface area contributed by atoms with Gasteiger partial charge in [0.1, 0.15) is 0 Å². The highest BCUT2D eigenvalue weighted by Gasteiger charge is 1.99. The SMILES string of the molecule is C=CC(C)NCc1cscc1C. The van der Waals surface area contributed by atoms with Gasteiger partial charge in [-0.3, -0.25) is 0 Å². The van der Waals surface area contributed by atoms with Crippen molar-refractivity contribution >= 4 is 11.3 Å². The molecule has 1 rings (SSSR count). The van der Waals surface area contributed by atoms with E-state index in [1.165, 1.54) is 11.1 Å². The zero-order valence-corrected chi connectivity index (χ0v) is 8.45. The van der Waals surface area contributed by atoms with E-state index in [9.17, 15) is 0 Å². The highest BCUT2D eigenvalue weighted by molar-refractivity contribution is 7.08. The zero-order chi connectivity index (χ0) is 8.97. The molecule has 12 heavy (non-hydrogen) atoms. The Morgan fingerprint density at radius 2 is 2.42 bits per heavy atom. The van der Waals surface area contributed by atoms with Crippen LogP contribution in [-0.2, 0) is 6.54 Å². The molecule has 0 aliphatic heterocycles. The fourth-order valence-electron chi connectivity index (χ4n) is 0.922. The number of rotatable bonds is 4. The van der Waals surface area contributed by atoms with E-state index in [4.69, 9.17) is 0 Å². The molecule has 0 saturated carbocycles. The first-order valence-electron chi connectivity index (χ1n) is 4.11. The minimum atomic E-state index is 0.393. The number of nitrogens with one attached hydrogen (secondary N) is 1. The van der Waals surface area contributed by atoms with Crippen molar-refractivity contribution in [2.24, 2.45) is 0 Å². The van der Waals surface area contributed by atoms with Crippen LogP contribution in [0.2, 0.25) is 0 Å². The van der Waals surface area contributed by atoms with E-state index in [1.54, 1.807) is 11.3 Å². The Kier molecular flexibility index (Phi) is 3.50. The van der Waals surface area contributed by atoms with Gasteiger partial charge in [0, 0.05) is 12.6 Å². The molecule has 0 saturated heterocycles. The monoisotopic (exact) mass is 181 g/mol. The first kappa shape index (κ1) is 9.49. The summed E-state index contributed by atoms with van der Waals surface area (Å²) >= 11 is 1.76. The molecule has 0 spiro atoms. The molecule has 1 aromatic rings. The van der Waals surface area contributed by atoms with Crippen molar-refractivity contribution < 1.29 is 0 Å². The van der Waals surface area contributed by atoms with Gasteiger partial charge in [0.15, 0.2) is 0 Å². The molecule has 1 unspecified atom stereocenters. The molecule has 0 aliphatic rings. The number of hydrogen-bond donors (Lipinski definition) is 1. The quantitative estimate of drug-likeness (QED) is 0.704. The molecule has 66 valence electrons. The van der Waals surface area contributed by atoms with Crippen LogP contribution in [-0.4, -0.2) is 6.04 Å². The van der Waals surface area contributed by atoms with Crippen LogP contribution in [0, 0.1) is 6.92 Å². The second kappa shape index (κ2) is 4.43. The Balaban J connectivity index is 2.43. The highest BCUT2D eigenvalue weighted by atomic mass is 32.1. The molecule has 1 N–H and O–H groups in total. The summed E-state index contributed by atoms with van der Waals surface area (Å²) < 4.78 is 0. The van der Waals surface area contributed by atoms with Crippen LogP contribution in [0.5, 0.6) is 0 Å². The van der Waals surface area contributed by atoms with Crippen LogP contribution < -0.4 is 5.32 Å². The summed E-state index contributed by atoms with van der Waals surface area (Å²) in [5.41, 5.74) is 2.78. The van der Waals surface area contributed by atoms with Crippen molar-refractivity contribution in [2.45, 2.75) is 26.4 Å². The van der Waals surface area contributed by atoms with E-state index in [1.807, 2.05) is 6.08 Å². The third-order valence-corrected chi connectivity index (χ3v) is 2.84. The van der Waals surface area contributed by atoms with Crippen LogP contribution in [0.1, 0.15) is 18.1 Å². The van der Waals surface area contributed by atoms with Crippen molar-refractivity contribution in [3.63, 3.8) is 0 Å². The van der Waals surface area contributed by atoms with Crippen LogP contribution in [0.15, 0.2) is 23.4 Å². The van der Waals surface area contributed by atoms with Crippen molar-refractivity contribution in [2.75, 3.05) is 0 Å². The maximum absolute atomic E-state index is 3.72. The van der Waals surface area contributed by atoms with Gasteiger partial charge in [-0.2, -0.15) is 11.3 Å². The van der Waals surface area contributed by atoms with Crippen LogP contribution in [0.3, 0.4) is 0 Å². The fourth-order valence-corrected chi connectivity index (χ4v) is 1.78. The minimum absolute atomic E-state index is 0.393. The largest absolute Gasteiger partial charge is 0.307 e. The predicted octanol–water partition coefficient (Wildman–Crippen LogP) is 2.72. The summed E-state index contributed by atoms with van der Waals surface area (Å²) in [6, 6.07) is 0.393.